The zero-order valence-electron chi connectivity index (χ0n) is 12.2. The van der Waals surface area contributed by atoms with E-state index in [1.807, 2.05) is 50.6 Å². The number of pyridine rings is 1. The normalized spacial score (nSPS) is 20.3. The number of rotatable bonds is 2. The SMILES string of the molecule is CC1(C)OB(c2ccc(-n3ccnc3)cn2)OC1(C)C. The van der Waals surface area contributed by atoms with E-state index in [-0.39, 0.29) is 11.2 Å². The van der Waals surface area contributed by atoms with Crippen molar-refractivity contribution in [2.45, 2.75) is 38.9 Å². The van der Waals surface area contributed by atoms with Gasteiger partial charge < -0.3 is 13.9 Å². The first-order valence-corrected chi connectivity index (χ1v) is 6.69. The van der Waals surface area contributed by atoms with Crippen LogP contribution < -0.4 is 5.59 Å². The van der Waals surface area contributed by atoms with Crippen LogP contribution in [0, 0.1) is 0 Å². The highest BCUT2D eigenvalue weighted by Crippen LogP contribution is 2.36. The van der Waals surface area contributed by atoms with Gasteiger partial charge in [-0.1, -0.05) is 0 Å². The Balaban J connectivity index is 1.83. The largest absolute Gasteiger partial charge is 0.514 e. The van der Waals surface area contributed by atoms with Crippen molar-refractivity contribution in [3.8, 4) is 5.69 Å². The Labute approximate surface area is 119 Å². The summed E-state index contributed by atoms with van der Waals surface area (Å²) in [4.78, 5) is 8.47. The number of imidazole rings is 1. The van der Waals surface area contributed by atoms with Crippen LogP contribution in [-0.2, 0) is 9.31 Å². The molecule has 0 radical (unpaired) electrons. The first kappa shape index (κ1) is 13.3. The van der Waals surface area contributed by atoms with E-state index < -0.39 is 7.12 Å². The summed E-state index contributed by atoms with van der Waals surface area (Å²) >= 11 is 0. The van der Waals surface area contributed by atoms with E-state index in [2.05, 4.69) is 9.97 Å². The highest BCUT2D eigenvalue weighted by atomic mass is 16.7. The fraction of sp³-hybridized carbons (Fsp3) is 0.429. The zero-order chi connectivity index (χ0) is 14.4. The molecule has 1 saturated heterocycles. The summed E-state index contributed by atoms with van der Waals surface area (Å²) in [5.41, 5.74) is 1.06. The van der Waals surface area contributed by atoms with Crippen LogP contribution in [0.5, 0.6) is 0 Å². The lowest BCUT2D eigenvalue weighted by Crippen LogP contribution is -2.41. The lowest BCUT2D eigenvalue weighted by Gasteiger charge is -2.32. The number of aromatic nitrogens is 3. The van der Waals surface area contributed by atoms with Gasteiger partial charge in [0.05, 0.1) is 35.0 Å². The van der Waals surface area contributed by atoms with Gasteiger partial charge in [0.1, 0.15) is 0 Å². The minimum Gasteiger partial charge on any atom is -0.398 e. The van der Waals surface area contributed by atoms with Crippen molar-refractivity contribution >= 4 is 12.7 Å². The third-order valence-corrected chi connectivity index (χ3v) is 4.07. The van der Waals surface area contributed by atoms with Gasteiger partial charge in [0.25, 0.3) is 0 Å². The Morgan fingerprint density at radius 3 is 2.30 bits per heavy atom. The predicted molar refractivity (Wildman–Crippen MR) is 77.1 cm³/mol. The third kappa shape index (κ3) is 2.15. The molecule has 1 aliphatic rings. The van der Waals surface area contributed by atoms with Gasteiger partial charge in [0.15, 0.2) is 0 Å². The van der Waals surface area contributed by atoms with E-state index in [0.717, 1.165) is 11.3 Å². The molecule has 0 spiro atoms. The summed E-state index contributed by atoms with van der Waals surface area (Å²) in [6.45, 7) is 8.14. The lowest BCUT2D eigenvalue weighted by molar-refractivity contribution is 0.00578. The van der Waals surface area contributed by atoms with Gasteiger partial charge in [-0.3, -0.25) is 4.98 Å². The second-order valence-corrected chi connectivity index (χ2v) is 6.00. The van der Waals surface area contributed by atoms with Crippen molar-refractivity contribution in [2.75, 3.05) is 0 Å². The molecule has 6 heteroatoms. The first-order valence-electron chi connectivity index (χ1n) is 6.69. The molecule has 0 N–H and O–H groups in total. The molecule has 104 valence electrons. The molecule has 3 heterocycles. The molecule has 1 aliphatic heterocycles. The Morgan fingerprint density at radius 2 is 1.80 bits per heavy atom. The molecule has 20 heavy (non-hydrogen) atoms. The molecule has 0 bridgehead atoms. The molecule has 3 rings (SSSR count). The fourth-order valence-corrected chi connectivity index (χ4v) is 2.07. The molecule has 0 saturated carbocycles. The summed E-state index contributed by atoms with van der Waals surface area (Å²) in [5, 5.41) is 0. The number of hydrogen-bond acceptors (Lipinski definition) is 4. The molecule has 0 aromatic carbocycles. The Morgan fingerprint density at radius 1 is 1.10 bits per heavy atom. The number of hydrogen-bond donors (Lipinski definition) is 0. The summed E-state index contributed by atoms with van der Waals surface area (Å²) in [7, 11) is -0.420. The smallest absolute Gasteiger partial charge is 0.398 e. The molecular formula is C14H18BN3O2. The van der Waals surface area contributed by atoms with Gasteiger partial charge >= 0.3 is 7.12 Å². The molecule has 2 aromatic rings. The highest BCUT2D eigenvalue weighted by molar-refractivity contribution is 6.61. The standard InChI is InChI=1S/C14H18BN3O2/c1-13(2)14(3,4)20-15(19-13)12-6-5-11(9-17-12)18-8-7-16-10-18/h5-10H,1-4H3. The van der Waals surface area contributed by atoms with E-state index in [9.17, 15) is 0 Å². The topological polar surface area (TPSA) is 49.2 Å². The molecule has 1 fully saturated rings. The summed E-state index contributed by atoms with van der Waals surface area (Å²) in [5.74, 6) is 0. The van der Waals surface area contributed by atoms with Crippen LogP contribution in [0.2, 0.25) is 0 Å². The van der Waals surface area contributed by atoms with Crippen LogP contribution in [0.1, 0.15) is 27.7 Å². The molecule has 2 aromatic heterocycles. The maximum absolute atomic E-state index is 5.98. The van der Waals surface area contributed by atoms with Gasteiger partial charge in [0, 0.05) is 12.4 Å². The first-order chi connectivity index (χ1) is 9.39. The zero-order valence-corrected chi connectivity index (χ0v) is 12.2. The van der Waals surface area contributed by atoms with Crippen LogP contribution in [0.15, 0.2) is 37.1 Å². The van der Waals surface area contributed by atoms with E-state index in [0.29, 0.717) is 0 Å². The van der Waals surface area contributed by atoms with Crippen LogP contribution >= 0.6 is 0 Å². The van der Waals surface area contributed by atoms with Crippen molar-refractivity contribution in [1.29, 1.82) is 0 Å². The lowest BCUT2D eigenvalue weighted by atomic mass is 9.84. The van der Waals surface area contributed by atoms with Crippen LogP contribution in [0.25, 0.3) is 5.69 Å². The van der Waals surface area contributed by atoms with Crippen LogP contribution in [0.3, 0.4) is 0 Å². The van der Waals surface area contributed by atoms with Crippen molar-refractivity contribution < 1.29 is 9.31 Å². The van der Waals surface area contributed by atoms with Crippen molar-refractivity contribution in [3.05, 3.63) is 37.1 Å². The van der Waals surface area contributed by atoms with Gasteiger partial charge in [-0.05, 0) is 39.8 Å². The second-order valence-electron chi connectivity index (χ2n) is 6.00. The van der Waals surface area contributed by atoms with E-state index >= 15 is 0 Å². The van der Waals surface area contributed by atoms with Crippen molar-refractivity contribution in [1.82, 2.24) is 14.5 Å². The Bertz CT molecular complexity index is 577. The van der Waals surface area contributed by atoms with Gasteiger partial charge in [0.2, 0.25) is 0 Å². The molecule has 5 nitrogen and oxygen atoms in total. The second kappa shape index (κ2) is 4.43. The van der Waals surface area contributed by atoms with E-state index in [1.165, 1.54) is 0 Å². The Hall–Kier alpha value is -1.66. The van der Waals surface area contributed by atoms with Crippen LogP contribution in [-0.4, -0.2) is 32.9 Å². The fourth-order valence-electron chi connectivity index (χ4n) is 2.07. The highest BCUT2D eigenvalue weighted by Gasteiger charge is 2.52. The monoisotopic (exact) mass is 271 g/mol. The summed E-state index contributed by atoms with van der Waals surface area (Å²) in [6.07, 6.45) is 7.15. The minimum absolute atomic E-state index is 0.345. The quantitative estimate of drug-likeness (QED) is 0.778. The maximum Gasteiger partial charge on any atom is 0.514 e. The predicted octanol–water partition coefficient (Wildman–Crippen LogP) is 1.57. The molecule has 0 aliphatic carbocycles. The minimum atomic E-state index is -0.420. The maximum atomic E-state index is 5.98. The van der Waals surface area contributed by atoms with Crippen molar-refractivity contribution in [3.63, 3.8) is 0 Å². The number of nitrogens with zero attached hydrogens (tertiary/aromatic N) is 3. The molecule has 0 atom stereocenters. The van der Waals surface area contributed by atoms with Gasteiger partial charge in [-0.2, -0.15) is 0 Å². The third-order valence-electron chi connectivity index (χ3n) is 4.07. The van der Waals surface area contributed by atoms with E-state index in [1.54, 1.807) is 18.7 Å². The van der Waals surface area contributed by atoms with Crippen molar-refractivity contribution in [2.24, 2.45) is 0 Å². The molecular weight excluding hydrogens is 253 g/mol. The average molecular weight is 271 g/mol. The molecule has 0 amide bonds. The molecule has 0 unspecified atom stereocenters. The summed E-state index contributed by atoms with van der Waals surface area (Å²) in [6, 6.07) is 3.91. The Kier molecular flexibility index (Phi) is 2.95. The van der Waals surface area contributed by atoms with E-state index in [4.69, 9.17) is 9.31 Å². The van der Waals surface area contributed by atoms with Gasteiger partial charge in [-0.15, -0.1) is 0 Å². The van der Waals surface area contributed by atoms with Crippen LogP contribution in [0.4, 0.5) is 0 Å². The average Bonchev–Trinajstić information content (AvgIpc) is 2.97. The summed E-state index contributed by atoms with van der Waals surface area (Å²) < 4.78 is 13.9. The van der Waals surface area contributed by atoms with Gasteiger partial charge in [-0.25, -0.2) is 4.98 Å².